The van der Waals surface area contributed by atoms with Crippen LogP contribution in [0.3, 0.4) is 0 Å². The highest BCUT2D eigenvalue weighted by molar-refractivity contribution is 6.03. The van der Waals surface area contributed by atoms with Crippen molar-refractivity contribution in [2.75, 3.05) is 10.6 Å². The maximum Gasteiger partial charge on any atom is 0.228 e. The molecule has 2 aromatic rings. The van der Waals surface area contributed by atoms with Gasteiger partial charge in [-0.1, -0.05) is 71.0 Å². The van der Waals surface area contributed by atoms with Gasteiger partial charge in [0.25, 0.3) is 0 Å². The van der Waals surface area contributed by atoms with E-state index in [2.05, 4.69) is 45.3 Å². The van der Waals surface area contributed by atoms with Crippen molar-refractivity contribution in [3.05, 3.63) is 59.7 Å². The minimum Gasteiger partial charge on any atom is -0.326 e. The first-order valence-corrected chi connectivity index (χ1v) is 9.98. The van der Waals surface area contributed by atoms with E-state index in [1.165, 1.54) is 0 Å². The van der Waals surface area contributed by atoms with Crippen LogP contribution in [0, 0.1) is 11.8 Å². The second kappa shape index (κ2) is 7.78. The van der Waals surface area contributed by atoms with Gasteiger partial charge in [-0.3, -0.25) is 9.59 Å². The monoisotopic (exact) mass is 378 g/mol. The van der Waals surface area contributed by atoms with Crippen molar-refractivity contribution in [3.63, 3.8) is 0 Å². The highest BCUT2D eigenvalue weighted by Crippen LogP contribution is 2.41. The average molecular weight is 379 g/mol. The Morgan fingerprint density at radius 1 is 0.857 bits per heavy atom. The molecule has 2 amide bonds. The van der Waals surface area contributed by atoms with Crippen LogP contribution in [0.4, 0.5) is 11.4 Å². The molecule has 148 valence electrons. The average Bonchev–Trinajstić information content (AvgIpc) is 3.42. The summed E-state index contributed by atoms with van der Waals surface area (Å²) in [5, 5.41) is 6.06. The number of rotatable bonds is 5. The maximum atomic E-state index is 12.7. The van der Waals surface area contributed by atoms with E-state index in [-0.39, 0.29) is 29.1 Å². The van der Waals surface area contributed by atoms with Crippen LogP contribution in [0.2, 0.25) is 0 Å². The molecule has 0 aliphatic heterocycles. The topological polar surface area (TPSA) is 58.2 Å². The van der Waals surface area contributed by atoms with Crippen LogP contribution in [-0.2, 0) is 15.0 Å². The number of carbonyl (C=O) groups is 2. The zero-order valence-corrected chi connectivity index (χ0v) is 17.4. The fourth-order valence-electron chi connectivity index (χ4n) is 3.59. The van der Waals surface area contributed by atoms with Gasteiger partial charge in [-0.05, 0) is 41.0 Å². The van der Waals surface area contributed by atoms with E-state index >= 15 is 0 Å². The molecule has 4 nitrogen and oxygen atoms in total. The highest BCUT2D eigenvalue weighted by Gasteiger charge is 2.48. The van der Waals surface area contributed by atoms with Gasteiger partial charge in [0.05, 0.1) is 11.8 Å². The second-order valence-electron chi connectivity index (χ2n) is 8.96. The summed E-state index contributed by atoms with van der Waals surface area (Å²) in [5.41, 5.74) is 3.81. The Kier molecular flexibility index (Phi) is 5.59. The number of anilines is 2. The third kappa shape index (κ3) is 4.44. The lowest BCUT2D eigenvalue weighted by atomic mass is 9.86. The van der Waals surface area contributed by atoms with Gasteiger partial charge < -0.3 is 10.6 Å². The molecular weight excluding hydrogens is 348 g/mol. The Hall–Kier alpha value is -2.62. The Morgan fingerprint density at radius 2 is 1.36 bits per heavy atom. The summed E-state index contributed by atoms with van der Waals surface area (Å²) in [6.07, 6.45) is 0.596. The largest absolute Gasteiger partial charge is 0.326 e. The maximum absolute atomic E-state index is 12.7. The Bertz CT molecular complexity index is 880. The number of hydrogen-bond acceptors (Lipinski definition) is 2. The van der Waals surface area contributed by atoms with Gasteiger partial charge in [0.15, 0.2) is 0 Å². The molecule has 0 heterocycles. The van der Waals surface area contributed by atoms with Crippen LogP contribution in [0.15, 0.2) is 48.5 Å². The predicted octanol–water partition coefficient (Wildman–Crippen LogP) is 5.32. The summed E-state index contributed by atoms with van der Waals surface area (Å²) in [7, 11) is 0. The third-order valence-corrected chi connectivity index (χ3v) is 5.30. The predicted molar refractivity (Wildman–Crippen MR) is 115 cm³/mol. The van der Waals surface area contributed by atoms with Crippen LogP contribution in [0.1, 0.15) is 58.1 Å². The van der Waals surface area contributed by atoms with Crippen LogP contribution in [0.25, 0.3) is 0 Å². The number of nitrogens with one attached hydrogen (secondary N) is 2. The van der Waals surface area contributed by atoms with Crippen LogP contribution in [-0.4, -0.2) is 11.8 Å². The number of carbonyl (C=O) groups excluding carboxylic acids is 2. The normalized spacial score (nSPS) is 18.6. The molecule has 0 radical (unpaired) electrons. The first-order valence-electron chi connectivity index (χ1n) is 9.98. The van der Waals surface area contributed by atoms with E-state index in [0.717, 1.165) is 22.5 Å². The quantitative estimate of drug-likeness (QED) is 0.740. The molecule has 4 heteroatoms. The summed E-state index contributed by atoms with van der Waals surface area (Å²) in [6.45, 7) is 10.6. The van der Waals surface area contributed by atoms with Crippen molar-refractivity contribution in [2.24, 2.45) is 11.8 Å². The minimum atomic E-state index is -0.265. The Balaban J connectivity index is 1.65. The number of para-hydroxylation sites is 2. The lowest BCUT2D eigenvalue weighted by Crippen LogP contribution is -2.23. The van der Waals surface area contributed by atoms with Gasteiger partial charge in [-0.2, -0.15) is 0 Å². The lowest BCUT2D eigenvalue weighted by molar-refractivity contribution is -0.122. The van der Waals surface area contributed by atoms with Crippen LogP contribution >= 0.6 is 0 Å². The van der Waals surface area contributed by atoms with Gasteiger partial charge in [0.1, 0.15) is 0 Å². The molecule has 28 heavy (non-hydrogen) atoms. The van der Waals surface area contributed by atoms with Gasteiger partial charge >= 0.3 is 0 Å². The van der Waals surface area contributed by atoms with Crippen LogP contribution < -0.4 is 10.6 Å². The van der Waals surface area contributed by atoms with E-state index in [0.29, 0.717) is 12.3 Å². The molecule has 1 saturated carbocycles. The fourth-order valence-corrected chi connectivity index (χ4v) is 3.59. The highest BCUT2D eigenvalue weighted by atomic mass is 16.2. The van der Waals surface area contributed by atoms with Crippen molar-refractivity contribution in [1.29, 1.82) is 0 Å². The Morgan fingerprint density at radius 3 is 1.93 bits per heavy atom. The van der Waals surface area contributed by atoms with Crippen molar-refractivity contribution in [1.82, 2.24) is 0 Å². The zero-order valence-electron chi connectivity index (χ0n) is 17.4. The molecule has 1 fully saturated rings. The minimum absolute atomic E-state index is 0.0647. The molecule has 3 rings (SSSR count). The first-order chi connectivity index (χ1) is 13.2. The summed E-state index contributed by atoms with van der Waals surface area (Å²) < 4.78 is 0. The Labute approximate surface area is 167 Å². The number of hydrogen-bond donors (Lipinski definition) is 2. The van der Waals surface area contributed by atoms with E-state index in [9.17, 15) is 9.59 Å². The molecule has 2 N–H and O–H groups in total. The standard InChI is InChI=1S/C24H30N2O2/c1-15(2)16-10-6-8-12-20(16)25-22(27)17-14-18(17)23(28)26-21-13-9-7-11-19(21)24(3,4)5/h6-13,15,17-18H,14H2,1-5H3,(H,25,27)(H,26,28). The second-order valence-corrected chi connectivity index (χ2v) is 8.96. The first kappa shape index (κ1) is 20.1. The van der Waals surface area contributed by atoms with Crippen molar-refractivity contribution in [2.45, 2.75) is 52.4 Å². The van der Waals surface area contributed by atoms with Gasteiger partial charge in [-0.15, -0.1) is 0 Å². The van der Waals surface area contributed by atoms with Gasteiger partial charge in [0.2, 0.25) is 11.8 Å². The number of benzene rings is 2. The SMILES string of the molecule is CC(C)c1ccccc1NC(=O)C1CC1C(=O)Nc1ccccc1C(C)(C)C. The third-order valence-electron chi connectivity index (χ3n) is 5.30. The van der Waals surface area contributed by atoms with Gasteiger partial charge in [-0.25, -0.2) is 0 Å². The fraction of sp³-hybridized carbons (Fsp3) is 0.417. The molecule has 0 saturated heterocycles. The summed E-state index contributed by atoms with van der Waals surface area (Å²) in [4.78, 5) is 25.4. The smallest absolute Gasteiger partial charge is 0.228 e. The molecule has 0 aromatic heterocycles. The van der Waals surface area contributed by atoms with E-state index in [1.807, 2.05) is 48.5 Å². The molecule has 2 atom stereocenters. The van der Waals surface area contributed by atoms with Crippen molar-refractivity contribution >= 4 is 23.2 Å². The summed E-state index contributed by atoms with van der Waals surface area (Å²) in [6, 6.07) is 15.7. The molecule has 2 aromatic carbocycles. The number of amides is 2. The molecule has 2 unspecified atom stereocenters. The lowest BCUT2D eigenvalue weighted by Gasteiger charge is -2.23. The molecule has 0 bridgehead atoms. The summed E-state index contributed by atoms with van der Waals surface area (Å²) in [5.74, 6) is -0.351. The molecule has 1 aliphatic rings. The molecule has 1 aliphatic carbocycles. The van der Waals surface area contributed by atoms with Crippen LogP contribution in [0.5, 0.6) is 0 Å². The zero-order chi connectivity index (χ0) is 20.5. The van der Waals surface area contributed by atoms with E-state index < -0.39 is 0 Å². The van der Waals surface area contributed by atoms with Crippen molar-refractivity contribution in [3.8, 4) is 0 Å². The van der Waals surface area contributed by atoms with Gasteiger partial charge in [0, 0.05) is 11.4 Å². The molecular formula is C24H30N2O2. The molecule has 0 spiro atoms. The summed E-state index contributed by atoms with van der Waals surface area (Å²) >= 11 is 0. The van der Waals surface area contributed by atoms with E-state index in [4.69, 9.17) is 0 Å². The van der Waals surface area contributed by atoms with Crippen molar-refractivity contribution < 1.29 is 9.59 Å². The van der Waals surface area contributed by atoms with E-state index in [1.54, 1.807) is 0 Å².